The molecule has 0 bridgehead atoms. The van der Waals surface area contributed by atoms with Crippen molar-refractivity contribution >= 4 is 23.1 Å². The number of amides is 1. The van der Waals surface area contributed by atoms with Crippen molar-refractivity contribution in [3.05, 3.63) is 16.6 Å². The van der Waals surface area contributed by atoms with Crippen molar-refractivity contribution in [3.8, 4) is 0 Å². The Labute approximate surface area is 109 Å². The number of hydrogen-bond acceptors (Lipinski definition) is 5. The van der Waals surface area contributed by atoms with E-state index in [1.807, 2.05) is 0 Å². The zero-order chi connectivity index (χ0) is 13.0. The van der Waals surface area contributed by atoms with Crippen molar-refractivity contribution in [3.63, 3.8) is 0 Å². The minimum atomic E-state index is -0.728. The highest BCUT2D eigenvalue weighted by molar-refractivity contribution is 7.07. The molecule has 1 heterocycles. The Morgan fingerprint density at radius 2 is 2.22 bits per heavy atom. The van der Waals surface area contributed by atoms with Gasteiger partial charge in [-0.25, -0.2) is 4.98 Å². The van der Waals surface area contributed by atoms with E-state index < -0.39 is 5.54 Å². The molecule has 1 aromatic rings. The zero-order valence-electron chi connectivity index (χ0n) is 9.93. The van der Waals surface area contributed by atoms with Gasteiger partial charge in [0, 0.05) is 5.38 Å². The molecule has 0 aromatic carbocycles. The number of carbonyl (C=O) groups is 1. The van der Waals surface area contributed by atoms with Crippen LogP contribution in [-0.2, 0) is 0 Å². The van der Waals surface area contributed by atoms with Gasteiger partial charge in [0.1, 0.15) is 11.2 Å². The van der Waals surface area contributed by atoms with Gasteiger partial charge in [0.05, 0.1) is 5.51 Å². The second kappa shape index (κ2) is 5.34. The van der Waals surface area contributed by atoms with Crippen LogP contribution in [0.2, 0.25) is 0 Å². The van der Waals surface area contributed by atoms with E-state index in [1.165, 1.54) is 11.3 Å². The third-order valence-corrected chi connectivity index (χ3v) is 3.91. The Kier molecular flexibility index (Phi) is 3.81. The number of amidine groups is 1. The second-order valence-electron chi connectivity index (χ2n) is 4.46. The van der Waals surface area contributed by atoms with E-state index in [0.717, 1.165) is 19.3 Å². The van der Waals surface area contributed by atoms with Gasteiger partial charge >= 0.3 is 0 Å². The van der Waals surface area contributed by atoms with Crippen LogP contribution < -0.4 is 11.1 Å². The molecule has 1 aliphatic rings. The number of aromatic nitrogens is 1. The first kappa shape index (κ1) is 12.8. The van der Waals surface area contributed by atoms with Crippen LogP contribution in [0.5, 0.6) is 0 Å². The number of carbonyl (C=O) groups excluding carboxylic acids is 1. The first-order chi connectivity index (χ1) is 8.68. The monoisotopic (exact) mass is 268 g/mol. The van der Waals surface area contributed by atoms with Crippen LogP contribution in [0.25, 0.3) is 0 Å². The van der Waals surface area contributed by atoms with Crippen molar-refractivity contribution in [2.45, 2.75) is 37.6 Å². The van der Waals surface area contributed by atoms with Gasteiger partial charge < -0.3 is 16.3 Å². The molecule has 1 aliphatic carbocycles. The average Bonchev–Trinajstić information content (AvgIpc) is 2.93. The molecule has 0 spiro atoms. The minimum absolute atomic E-state index is 0.0748. The third-order valence-electron chi connectivity index (χ3n) is 3.32. The standard InChI is InChI=1S/C11H16N4O2S/c12-10(15-17)11(4-2-1-3-5-11)14-9(16)8-6-18-7-13-8/h6-7,17H,1-5H2,(H2,12,15)(H,14,16). The predicted octanol–water partition coefficient (Wildman–Crippen LogP) is 1.32. The maximum atomic E-state index is 12.0. The number of nitrogens with zero attached hydrogens (tertiary/aromatic N) is 2. The summed E-state index contributed by atoms with van der Waals surface area (Å²) < 4.78 is 0. The zero-order valence-corrected chi connectivity index (χ0v) is 10.7. The van der Waals surface area contributed by atoms with E-state index in [0.29, 0.717) is 18.5 Å². The van der Waals surface area contributed by atoms with Crippen molar-refractivity contribution < 1.29 is 10.0 Å². The Morgan fingerprint density at radius 3 is 2.78 bits per heavy atom. The fraction of sp³-hybridized carbons (Fsp3) is 0.545. The molecule has 1 aromatic heterocycles. The molecule has 0 radical (unpaired) electrons. The van der Waals surface area contributed by atoms with E-state index >= 15 is 0 Å². The normalized spacial score (nSPS) is 19.4. The lowest BCUT2D eigenvalue weighted by molar-refractivity contribution is 0.0901. The second-order valence-corrected chi connectivity index (χ2v) is 5.17. The van der Waals surface area contributed by atoms with E-state index in [2.05, 4.69) is 15.5 Å². The summed E-state index contributed by atoms with van der Waals surface area (Å²) in [7, 11) is 0. The van der Waals surface area contributed by atoms with Gasteiger partial charge in [-0.1, -0.05) is 24.4 Å². The van der Waals surface area contributed by atoms with Crippen LogP contribution in [0.15, 0.2) is 16.0 Å². The largest absolute Gasteiger partial charge is 0.409 e. The first-order valence-corrected chi connectivity index (χ1v) is 6.81. The summed E-state index contributed by atoms with van der Waals surface area (Å²) in [4.78, 5) is 16.0. The smallest absolute Gasteiger partial charge is 0.271 e. The number of nitrogens with two attached hydrogens (primary N) is 1. The summed E-state index contributed by atoms with van der Waals surface area (Å²) >= 11 is 1.36. The van der Waals surface area contributed by atoms with Crippen molar-refractivity contribution in [2.24, 2.45) is 10.9 Å². The van der Waals surface area contributed by atoms with Gasteiger partial charge in [0.2, 0.25) is 0 Å². The molecular weight excluding hydrogens is 252 g/mol. The van der Waals surface area contributed by atoms with Crippen LogP contribution in [0.3, 0.4) is 0 Å². The molecule has 1 saturated carbocycles. The lowest BCUT2D eigenvalue weighted by atomic mass is 9.80. The Hall–Kier alpha value is -1.63. The SMILES string of the molecule is NC(=NO)C1(NC(=O)c2cscn2)CCCCC1. The van der Waals surface area contributed by atoms with E-state index in [1.54, 1.807) is 10.9 Å². The van der Waals surface area contributed by atoms with Crippen molar-refractivity contribution in [1.29, 1.82) is 0 Å². The molecule has 0 unspecified atom stereocenters. The fourth-order valence-electron chi connectivity index (χ4n) is 2.30. The average molecular weight is 268 g/mol. The number of nitrogens with one attached hydrogen (secondary N) is 1. The summed E-state index contributed by atoms with van der Waals surface area (Å²) in [6.07, 6.45) is 4.39. The summed E-state index contributed by atoms with van der Waals surface area (Å²) in [5, 5.41) is 16.5. The Morgan fingerprint density at radius 1 is 1.50 bits per heavy atom. The lowest BCUT2D eigenvalue weighted by Gasteiger charge is -2.36. The maximum Gasteiger partial charge on any atom is 0.271 e. The highest BCUT2D eigenvalue weighted by Gasteiger charge is 2.38. The molecule has 18 heavy (non-hydrogen) atoms. The molecule has 2 rings (SSSR count). The number of thiazole rings is 1. The van der Waals surface area contributed by atoms with Gasteiger partial charge in [-0.3, -0.25) is 4.79 Å². The molecular formula is C11H16N4O2S. The minimum Gasteiger partial charge on any atom is -0.409 e. The van der Waals surface area contributed by atoms with Gasteiger partial charge in [0.15, 0.2) is 5.84 Å². The van der Waals surface area contributed by atoms with Gasteiger partial charge in [-0.2, -0.15) is 0 Å². The highest BCUT2D eigenvalue weighted by atomic mass is 32.1. The molecule has 98 valence electrons. The van der Waals surface area contributed by atoms with Crippen LogP contribution in [0.4, 0.5) is 0 Å². The van der Waals surface area contributed by atoms with Crippen LogP contribution >= 0.6 is 11.3 Å². The summed E-state index contributed by atoms with van der Waals surface area (Å²) in [6.45, 7) is 0. The molecule has 0 atom stereocenters. The van der Waals surface area contributed by atoms with E-state index in [9.17, 15) is 4.79 Å². The van der Waals surface area contributed by atoms with Crippen LogP contribution in [0, 0.1) is 0 Å². The van der Waals surface area contributed by atoms with Gasteiger partial charge in [-0.05, 0) is 12.8 Å². The van der Waals surface area contributed by atoms with Crippen molar-refractivity contribution in [2.75, 3.05) is 0 Å². The van der Waals surface area contributed by atoms with E-state index in [-0.39, 0.29) is 11.7 Å². The topological polar surface area (TPSA) is 101 Å². The quantitative estimate of drug-likeness (QED) is 0.333. The van der Waals surface area contributed by atoms with E-state index in [4.69, 9.17) is 10.9 Å². The highest BCUT2D eigenvalue weighted by Crippen LogP contribution is 2.28. The van der Waals surface area contributed by atoms with Crippen LogP contribution in [-0.4, -0.2) is 27.5 Å². The summed E-state index contributed by atoms with van der Waals surface area (Å²) in [5.41, 5.74) is 7.00. The molecule has 7 heteroatoms. The molecule has 4 N–H and O–H groups in total. The Bertz CT molecular complexity index is 438. The number of oxime groups is 1. The molecule has 0 saturated heterocycles. The fourth-order valence-corrected chi connectivity index (χ4v) is 2.83. The maximum absolute atomic E-state index is 12.0. The van der Waals surface area contributed by atoms with Gasteiger partial charge in [0.25, 0.3) is 5.91 Å². The van der Waals surface area contributed by atoms with Gasteiger partial charge in [-0.15, -0.1) is 11.3 Å². The van der Waals surface area contributed by atoms with Crippen LogP contribution in [0.1, 0.15) is 42.6 Å². The molecule has 1 amide bonds. The van der Waals surface area contributed by atoms with Crippen molar-refractivity contribution in [1.82, 2.24) is 10.3 Å². The third kappa shape index (κ3) is 2.45. The Balaban J connectivity index is 2.18. The predicted molar refractivity (Wildman–Crippen MR) is 68.8 cm³/mol. The molecule has 6 nitrogen and oxygen atoms in total. The molecule has 0 aliphatic heterocycles. The molecule has 1 fully saturated rings. The summed E-state index contributed by atoms with van der Waals surface area (Å²) in [6, 6.07) is 0. The first-order valence-electron chi connectivity index (χ1n) is 5.87. The number of hydrogen-bond donors (Lipinski definition) is 3. The number of rotatable bonds is 3. The lowest BCUT2D eigenvalue weighted by Crippen LogP contribution is -2.58. The summed E-state index contributed by atoms with van der Waals surface area (Å²) in [5.74, 6) is -0.199.